The minimum atomic E-state index is -0.835. The molecule has 2 N–H and O–H groups in total. The number of methoxy groups -OCH3 is 1. The lowest BCUT2D eigenvalue weighted by Crippen LogP contribution is -2.34. The van der Waals surface area contributed by atoms with Crippen molar-refractivity contribution >= 4 is 35.1 Å². The van der Waals surface area contributed by atoms with Crippen LogP contribution in [0, 0.1) is 10.1 Å². The Morgan fingerprint density at radius 3 is 2.64 bits per heavy atom. The highest BCUT2D eigenvalue weighted by atomic mass is 35.5. The molecule has 1 aromatic rings. The van der Waals surface area contributed by atoms with Crippen molar-refractivity contribution in [3.63, 3.8) is 0 Å². The fraction of sp³-hybridized carbons (Fsp3) is 0.357. The van der Waals surface area contributed by atoms with Gasteiger partial charge in [0.2, 0.25) is 0 Å². The lowest BCUT2D eigenvalue weighted by atomic mass is 10.2. The molecule has 0 aliphatic rings. The number of hydrogen-bond donors (Lipinski definition) is 2. The molecule has 0 fully saturated rings. The predicted octanol–water partition coefficient (Wildman–Crippen LogP) is 0.284. The van der Waals surface area contributed by atoms with Gasteiger partial charge in [-0.2, -0.15) is 0 Å². The van der Waals surface area contributed by atoms with Crippen molar-refractivity contribution in [1.29, 1.82) is 0 Å². The van der Waals surface area contributed by atoms with Crippen LogP contribution in [0.1, 0.15) is 10.4 Å². The van der Waals surface area contributed by atoms with E-state index < -0.39 is 41.5 Å². The van der Waals surface area contributed by atoms with Crippen molar-refractivity contribution in [2.45, 2.75) is 0 Å². The highest BCUT2D eigenvalue weighted by Gasteiger charge is 2.17. The van der Waals surface area contributed by atoms with Crippen molar-refractivity contribution in [1.82, 2.24) is 10.6 Å². The number of nitrogens with one attached hydrogen (secondary N) is 2. The van der Waals surface area contributed by atoms with Crippen molar-refractivity contribution in [3.05, 3.63) is 38.9 Å². The number of rotatable bonds is 9. The Bertz CT molecular complexity index is 666. The quantitative estimate of drug-likeness (QED) is 0.274. The number of ether oxygens (including phenoxy) is 2. The minimum absolute atomic E-state index is 0.0405. The van der Waals surface area contributed by atoms with Crippen LogP contribution < -0.4 is 10.6 Å². The van der Waals surface area contributed by atoms with Gasteiger partial charge in [0.1, 0.15) is 11.6 Å². The molecule has 0 aromatic heterocycles. The second-order valence-corrected chi connectivity index (χ2v) is 5.02. The molecule has 25 heavy (non-hydrogen) atoms. The van der Waals surface area contributed by atoms with Crippen molar-refractivity contribution in [2.75, 3.05) is 33.4 Å². The molecule has 0 heterocycles. The Kier molecular flexibility index (Phi) is 8.30. The monoisotopic (exact) mass is 373 g/mol. The van der Waals surface area contributed by atoms with Crippen molar-refractivity contribution < 1.29 is 28.8 Å². The summed E-state index contributed by atoms with van der Waals surface area (Å²) in [7, 11) is 1.48. The van der Waals surface area contributed by atoms with Crippen LogP contribution in [0.2, 0.25) is 5.02 Å². The highest BCUT2D eigenvalue weighted by molar-refractivity contribution is 6.32. The van der Waals surface area contributed by atoms with Gasteiger partial charge in [0, 0.05) is 25.3 Å². The number of nitrogens with zero attached hydrogens (tertiary/aromatic N) is 1. The fourth-order valence-electron chi connectivity index (χ4n) is 1.59. The van der Waals surface area contributed by atoms with Crippen LogP contribution in [-0.2, 0) is 19.1 Å². The van der Waals surface area contributed by atoms with Gasteiger partial charge in [-0.05, 0) is 12.1 Å². The van der Waals surface area contributed by atoms with Gasteiger partial charge in [0.05, 0.1) is 11.5 Å². The summed E-state index contributed by atoms with van der Waals surface area (Å²) in [6.45, 7) is -0.395. The maximum absolute atomic E-state index is 11.9. The van der Waals surface area contributed by atoms with Crippen molar-refractivity contribution in [2.24, 2.45) is 0 Å². The number of nitro groups is 1. The van der Waals surface area contributed by atoms with E-state index in [0.29, 0.717) is 6.61 Å². The molecule has 0 radical (unpaired) electrons. The number of nitro benzene ring substituents is 1. The summed E-state index contributed by atoms with van der Waals surface area (Å²) < 4.78 is 9.40. The van der Waals surface area contributed by atoms with Crippen LogP contribution in [0.3, 0.4) is 0 Å². The van der Waals surface area contributed by atoms with Gasteiger partial charge < -0.3 is 20.1 Å². The number of benzene rings is 1. The van der Waals surface area contributed by atoms with Gasteiger partial charge >= 0.3 is 5.97 Å². The average molecular weight is 374 g/mol. The maximum Gasteiger partial charge on any atom is 0.325 e. The number of amides is 2. The third kappa shape index (κ3) is 7.14. The number of esters is 1. The SMILES string of the molecule is COCCNC(=O)COC(=O)CNC(=O)c1ccc(Cl)c([N+](=O)[O-])c1. The molecule has 11 heteroatoms. The molecule has 0 saturated carbocycles. The zero-order valence-corrected chi connectivity index (χ0v) is 14.0. The molecule has 10 nitrogen and oxygen atoms in total. The molecule has 0 spiro atoms. The van der Waals surface area contributed by atoms with E-state index in [9.17, 15) is 24.5 Å². The molecular formula is C14H16ClN3O7. The molecule has 136 valence electrons. The van der Waals surface area contributed by atoms with Crippen LogP contribution in [-0.4, -0.2) is 56.1 Å². The standard InChI is InChI=1S/C14H16ClN3O7/c1-24-5-4-16-12(19)8-25-13(20)7-17-14(21)9-2-3-10(15)11(6-9)18(22)23/h2-3,6H,4-5,7-8H2,1H3,(H,16,19)(H,17,21). The lowest BCUT2D eigenvalue weighted by molar-refractivity contribution is -0.384. The Hall–Kier alpha value is -2.72. The molecule has 2 amide bonds. The normalized spacial score (nSPS) is 10.0. The molecule has 1 aromatic carbocycles. The Balaban J connectivity index is 2.43. The first-order chi connectivity index (χ1) is 11.8. The van der Waals surface area contributed by atoms with Gasteiger partial charge in [0.25, 0.3) is 17.5 Å². The van der Waals surface area contributed by atoms with Crippen LogP contribution >= 0.6 is 11.6 Å². The van der Waals surface area contributed by atoms with Gasteiger partial charge in [-0.15, -0.1) is 0 Å². The Labute approximate surface area is 147 Å². The highest BCUT2D eigenvalue weighted by Crippen LogP contribution is 2.24. The Morgan fingerprint density at radius 1 is 1.28 bits per heavy atom. The van der Waals surface area contributed by atoms with Crippen LogP contribution in [0.5, 0.6) is 0 Å². The van der Waals surface area contributed by atoms with Crippen LogP contribution in [0.4, 0.5) is 5.69 Å². The van der Waals surface area contributed by atoms with Gasteiger partial charge in [0.15, 0.2) is 6.61 Å². The molecule has 0 atom stereocenters. The topological polar surface area (TPSA) is 137 Å². The van der Waals surface area contributed by atoms with E-state index in [1.54, 1.807) is 0 Å². The zero-order valence-electron chi connectivity index (χ0n) is 13.2. The average Bonchev–Trinajstić information content (AvgIpc) is 2.58. The zero-order chi connectivity index (χ0) is 18.8. The number of halogens is 1. The summed E-state index contributed by atoms with van der Waals surface area (Å²) in [5, 5.41) is 15.3. The fourth-order valence-corrected chi connectivity index (χ4v) is 1.78. The molecule has 0 aliphatic heterocycles. The number of carbonyl (C=O) groups excluding carboxylic acids is 3. The number of hydrogen-bond acceptors (Lipinski definition) is 7. The molecular weight excluding hydrogens is 358 g/mol. The lowest BCUT2D eigenvalue weighted by Gasteiger charge is -2.07. The largest absolute Gasteiger partial charge is 0.454 e. The van der Waals surface area contributed by atoms with E-state index in [2.05, 4.69) is 15.4 Å². The summed E-state index contributed by atoms with van der Waals surface area (Å²) in [6, 6.07) is 3.47. The van der Waals surface area contributed by atoms with Crippen molar-refractivity contribution in [3.8, 4) is 0 Å². The summed E-state index contributed by atoms with van der Waals surface area (Å²) >= 11 is 5.65. The van der Waals surface area contributed by atoms with Gasteiger partial charge in [-0.1, -0.05) is 11.6 Å². The molecule has 1 rings (SSSR count). The third-order valence-corrected chi connectivity index (χ3v) is 3.11. The van der Waals surface area contributed by atoms with Crippen LogP contribution in [0.25, 0.3) is 0 Å². The molecule has 0 aliphatic carbocycles. The Morgan fingerprint density at radius 2 is 2.00 bits per heavy atom. The smallest absolute Gasteiger partial charge is 0.325 e. The second kappa shape index (κ2) is 10.2. The maximum atomic E-state index is 11.9. The van der Waals surface area contributed by atoms with E-state index in [1.807, 2.05) is 0 Å². The molecule has 0 unspecified atom stereocenters. The van der Waals surface area contributed by atoms with E-state index in [-0.39, 0.29) is 17.1 Å². The van der Waals surface area contributed by atoms with Gasteiger partial charge in [-0.3, -0.25) is 24.5 Å². The van der Waals surface area contributed by atoms with E-state index in [0.717, 1.165) is 6.07 Å². The van der Waals surface area contributed by atoms with E-state index in [1.165, 1.54) is 19.2 Å². The first kappa shape index (κ1) is 20.3. The first-order valence-corrected chi connectivity index (χ1v) is 7.36. The first-order valence-electron chi connectivity index (χ1n) is 6.98. The molecule has 0 bridgehead atoms. The minimum Gasteiger partial charge on any atom is -0.454 e. The third-order valence-electron chi connectivity index (χ3n) is 2.79. The second-order valence-electron chi connectivity index (χ2n) is 4.61. The molecule has 0 saturated heterocycles. The van der Waals surface area contributed by atoms with E-state index in [4.69, 9.17) is 16.3 Å². The summed E-state index contributed by atoms with van der Waals surface area (Å²) in [4.78, 5) is 44.7. The van der Waals surface area contributed by atoms with E-state index >= 15 is 0 Å². The van der Waals surface area contributed by atoms with Crippen LogP contribution in [0.15, 0.2) is 18.2 Å². The summed E-state index contributed by atoms with van der Waals surface area (Å²) in [6.07, 6.45) is 0. The summed E-state index contributed by atoms with van der Waals surface area (Å²) in [5.74, 6) is -2.06. The summed E-state index contributed by atoms with van der Waals surface area (Å²) in [5.41, 5.74) is -0.467. The predicted molar refractivity (Wildman–Crippen MR) is 86.3 cm³/mol. The number of carbonyl (C=O) groups is 3. The van der Waals surface area contributed by atoms with Gasteiger partial charge in [-0.25, -0.2) is 0 Å².